The van der Waals surface area contributed by atoms with Gasteiger partial charge in [-0.25, -0.2) is 0 Å². The maximum atomic E-state index is 8.13. The second kappa shape index (κ2) is 4.61. The lowest BCUT2D eigenvalue weighted by atomic mass is 10.3. The molecule has 0 saturated heterocycles. The van der Waals surface area contributed by atoms with Crippen molar-refractivity contribution in [3.05, 3.63) is 12.7 Å². The van der Waals surface area contributed by atoms with Gasteiger partial charge in [-0.3, -0.25) is 0 Å². The van der Waals surface area contributed by atoms with Gasteiger partial charge in [0.2, 0.25) is 6.08 Å². The first kappa shape index (κ1) is 5.61. The lowest BCUT2D eigenvalue weighted by molar-refractivity contribution is 0.289. The van der Waals surface area contributed by atoms with E-state index in [4.69, 9.17) is 5.11 Å². The van der Waals surface area contributed by atoms with Crippen molar-refractivity contribution in [2.24, 2.45) is 0 Å². The topological polar surface area (TPSA) is 20.2 Å². The first-order valence-electron chi connectivity index (χ1n) is 2.02. The van der Waals surface area contributed by atoms with Crippen molar-refractivity contribution >= 4 is 0 Å². The van der Waals surface area contributed by atoms with E-state index in [9.17, 15) is 0 Å². The fourth-order valence-corrected chi connectivity index (χ4v) is 0.204. The smallest absolute Gasteiger partial charge is 0.214 e. The van der Waals surface area contributed by atoms with Gasteiger partial charge in [-0.05, 0) is 0 Å². The van der Waals surface area contributed by atoms with Gasteiger partial charge in [0, 0.05) is 13.0 Å². The van der Waals surface area contributed by atoms with Crippen LogP contribution in [0.5, 0.6) is 0 Å². The fraction of sp³-hybridized carbons (Fsp3) is 0.600. The Labute approximate surface area is 38.3 Å². The third-order valence-corrected chi connectivity index (χ3v) is 0.512. The van der Waals surface area contributed by atoms with E-state index < -0.39 is 0 Å². The third kappa shape index (κ3) is 3.61. The molecule has 0 amide bonds. The Morgan fingerprint density at radius 1 is 1.67 bits per heavy atom. The lowest BCUT2D eigenvalue weighted by Crippen LogP contribution is -1.77. The molecule has 0 heterocycles. The van der Waals surface area contributed by atoms with Crippen molar-refractivity contribution in [1.82, 2.24) is 0 Å². The third-order valence-electron chi connectivity index (χ3n) is 0.512. The molecule has 0 spiro atoms. The molecule has 1 N–H and O–H groups in total. The Balaban J connectivity index is 2.49. The highest BCUT2D eigenvalue weighted by Gasteiger charge is 1.85. The molecule has 0 bridgehead atoms. The van der Waals surface area contributed by atoms with Crippen LogP contribution in [-0.2, 0) is 0 Å². The molecular formula is C5H9O+. The van der Waals surface area contributed by atoms with Crippen LogP contribution in [-0.4, -0.2) is 11.7 Å². The van der Waals surface area contributed by atoms with E-state index in [0.717, 1.165) is 12.8 Å². The van der Waals surface area contributed by atoms with Crippen molar-refractivity contribution in [2.45, 2.75) is 12.8 Å². The van der Waals surface area contributed by atoms with Crippen LogP contribution in [0.3, 0.4) is 0 Å². The molecule has 0 aliphatic heterocycles. The molecule has 0 aromatic carbocycles. The molecule has 1 heteroatoms. The van der Waals surface area contributed by atoms with Gasteiger partial charge in [-0.1, -0.05) is 0 Å². The molecule has 0 unspecified atom stereocenters. The van der Waals surface area contributed by atoms with Crippen LogP contribution in [0.25, 0.3) is 0 Å². The number of allylic oxidation sites excluding steroid dienone is 1. The number of unbranched alkanes of at least 4 members (excludes halogenated alkanes) is 1. The zero-order valence-corrected chi connectivity index (χ0v) is 3.78. The summed E-state index contributed by atoms with van der Waals surface area (Å²) < 4.78 is 0. The zero-order valence-electron chi connectivity index (χ0n) is 3.78. The first-order valence-corrected chi connectivity index (χ1v) is 2.02. The largest absolute Gasteiger partial charge is 0.396 e. The summed E-state index contributed by atoms with van der Waals surface area (Å²) in [6.07, 6.45) is 4.26. The number of aliphatic hydroxyl groups excluding tert-OH is 1. The van der Waals surface area contributed by atoms with Crippen molar-refractivity contribution in [3.8, 4) is 0 Å². The van der Waals surface area contributed by atoms with Gasteiger partial charge in [0.1, 0.15) is 6.58 Å². The highest BCUT2D eigenvalue weighted by Crippen LogP contribution is 1.82. The molecule has 34 valence electrons. The van der Waals surface area contributed by atoms with Gasteiger partial charge in [-0.15, -0.1) is 0 Å². The molecule has 6 heavy (non-hydrogen) atoms. The highest BCUT2D eigenvalue weighted by molar-refractivity contribution is 4.52. The maximum Gasteiger partial charge on any atom is 0.214 e. The molecule has 0 atom stereocenters. The summed E-state index contributed by atoms with van der Waals surface area (Å²) >= 11 is 0. The summed E-state index contributed by atoms with van der Waals surface area (Å²) in [5.74, 6) is 0. The van der Waals surface area contributed by atoms with Gasteiger partial charge >= 0.3 is 0 Å². The van der Waals surface area contributed by atoms with Crippen LogP contribution in [0.1, 0.15) is 12.8 Å². The first-order chi connectivity index (χ1) is 2.91. The number of hydrogen-bond donors (Lipinski definition) is 1. The summed E-state index contributed by atoms with van der Waals surface area (Å²) in [7, 11) is 0. The minimum Gasteiger partial charge on any atom is -0.396 e. The van der Waals surface area contributed by atoms with Gasteiger partial charge in [0.25, 0.3) is 0 Å². The molecule has 0 aromatic rings. The molecular weight excluding hydrogens is 76.1 g/mol. The van der Waals surface area contributed by atoms with Crippen molar-refractivity contribution in [1.29, 1.82) is 0 Å². The van der Waals surface area contributed by atoms with Crippen LogP contribution in [0, 0.1) is 6.08 Å². The van der Waals surface area contributed by atoms with Crippen LogP contribution >= 0.6 is 0 Å². The van der Waals surface area contributed by atoms with E-state index in [1.165, 1.54) is 0 Å². The summed E-state index contributed by atoms with van der Waals surface area (Å²) in [4.78, 5) is 0. The number of hydrogen-bond acceptors (Lipinski definition) is 1. The summed E-state index contributed by atoms with van der Waals surface area (Å²) in [6, 6.07) is 0. The van der Waals surface area contributed by atoms with E-state index in [-0.39, 0.29) is 6.61 Å². The quantitative estimate of drug-likeness (QED) is 0.396. The van der Waals surface area contributed by atoms with Gasteiger partial charge in [-0.2, -0.15) is 0 Å². The molecule has 1 nitrogen and oxygen atoms in total. The Morgan fingerprint density at radius 3 is 2.50 bits per heavy atom. The van der Waals surface area contributed by atoms with Crippen LogP contribution in [0.2, 0.25) is 0 Å². The fourth-order valence-electron chi connectivity index (χ4n) is 0.204. The average Bonchev–Trinajstić information content (AvgIpc) is 1.61. The lowest BCUT2D eigenvalue weighted by Gasteiger charge is -1.73. The molecule has 0 radical (unpaired) electrons. The SMILES string of the molecule is C=[C+]CCCO. The Hall–Kier alpha value is -0.390. The van der Waals surface area contributed by atoms with E-state index in [1.54, 1.807) is 0 Å². The molecule has 0 rings (SSSR count). The number of rotatable bonds is 3. The summed E-state index contributed by atoms with van der Waals surface area (Å²) in [5.41, 5.74) is 0. The molecule has 0 aliphatic carbocycles. The average molecular weight is 85.1 g/mol. The van der Waals surface area contributed by atoms with Crippen LogP contribution in [0.4, 0.5) is 0 Å². The molecule has 0 saturated carbocycles. The predicted octanol–water partition coefficient (Wildman–Crippen LogP) is 0.748. The standard InChI is InChI=1S/C5H9O/c1-2-3-4-5-6/h6H,1,3-5H2/q+1. The van der Waals surface area contributed by atoms with Gasteiger partial charge < -0.3 is 5.11 Å². The maximum absolute atomic E-state index is 8.13. The van der Waals surface area contributed by atoms with Crippen molar-refractivity contribution < 1.29 is 5.11 Å². The monoisotopic (exact) mass is 85.1 g/mol. The van der Waals surface area contributed by atoms with Crippen molar-refractivity contribution in [2.75, 3.05) is 6.61 Å². The second-order valence-electron chi connectivity index (χ2n) is 1.08. The highest BCUT2D eigenvalue weighted by atomic mass is 16.2. The Kier molecular flexibility index (Phi) is 4.31. The minimum atomic E-state index is 0.252. The molecule has 0 fully saturated rings. The Morgan fingerprint density at radius 2 is 2.33 bits per heavy atom. The summed E-state index contributed by atoms with van der Waals surface area (Å²) in [5, 5.41) is 8.13. The zero-order chi connectivity index (χ0) is 4.83. The van der Waals surface area contributed by atoms with E-state index >= 15 is 0 Å². The normalized spacial score (nSPS) is 7.50. The summed E-state index contributed by atoms with van der Waals surface area (Å²) in [6.45, 7) is 3.61. The minimum absolute atomic E-state index is 0.252. The molecule has 0 aromatic heterocycles. The van der Waals surface area contributed by atoms with E-state index in [0.29, 0.717) is 0 Å². The predicted molar refractivity (Wildman–Crippen MR) is 25.2 cm³/mol. The van der Waals surface area contributed by atoms with Crippen molar-refractivity contribution in [3.63, 3.8) is 0 Å². The Bertz CT molecular complexity index is 32.9. The van der Waals surface area contributed by atoms with E-state index in [1.807, 2.05) is 0 Å². The van der Waals surface area contributed by atoms with E-state index in [2.05, 4.69) is 12.7 Å². The number of aliphatic hydroxyl groups is 1. The molecule has 0 aliphatic rings. The van der Waals surface area contributed by atoms with Crippen LogP contribution in [0.15, 0.2) is 6.58 Å². The second-order valence-corrected chi connectivity index (χ2v) is 1.08. The van der Waals surface area contributed by atoms with Gasteiger partial charge in [0.05, 0.1) is 0 Å². The van der Waals surface area contributed by atoms with Crippen LogP contribution < -0.4 is 0 Å². The van der Waals surface area contributed by atoms with Gasteiger partial charge in [0.15, 0.2) is 6.42 Å².